The van der Waals surface area contributed by atoms with Crippen molar-refractivity contribution in [3.05, 3.63) is 76.1 Å². The van der Waals surface area contributed by atoms with Crippen LogP contribution in [0, 0.1) is 0 Å². The lowest BCUT2D eigenvalue weighted by Gasteiger charge is -2.08. The van der Waals surface area contributed by atoms with Crippen molar-refractivity contribution in [2.45, 2.75) is 26.2 Å². The Hall–Kier alpha value is -2.43. The Morgan fingerprint density at radius 3 is 2.56 bits per heavy atom. The van der Waals surface area contributed by atoms with Crippen LogP contribution in [0.15, 0.2) is 60.0 Å². The highest BCUT2D eigenvalue weighted by Gasteiger charge is 2.08. The number of nitrogens with one attached hydrogen (secondary N) is 1. The van der Waals surface area contributed by atoms with Gasteiger partial charge in [0.2, 0.25) is 5.91 Å². The number of hydrogen-bond acceptors (Lipinski definition) is 3. The topological polar surface area (TPSA) is 42.0 Å². The molecule has 0 bridgehead atoms. The maximum absolute atomic E-state index is 12.1. The molecule has 27 heavy (non-hydrogen) atoms. The Morgan fingerprint density at radius 2 is 1.89 bits per heavy atom. The molecule has 1 amide bonds. The first-order chi connectivity index (χ1) is 13.0. The SMILES string of the molecule is CCC(C)c1ccc(-c2csc(NC(=O)C=Cc3ccc(Cl)cc3)n2)cc1. The smallest absolute Gasteiger partial charge is 0.250 e. The molecule has 138 valence electrons. The zero-order chi connectivity index (χ0) is 19.2. The fourth-order valence-corrected chi connectivity index (χ4v) is 3.42. The fourth-order valence-electron chi connectivity index (χ4n) is 2.57. The van der Waals surface area contributed by atoms with Crippen molar-refractivity contribution in [2.75, 3.05) is 5.32 Å². The van der Waals surface area contributed by atoms with E-state index in [0.29, 0.717) is 16.1 Å². The lowest BCUT2D eigenvalue weighted by atomic mass is 9.97. The van der Waals surface area contributed by atoms with Crippen LogP contribution in [-0.2, 0) is 4.79 Å². The largest absolute Gasteiger partial charge is 0.298 e. The van der Waals surface area contributed by atoms with Gasteiger partial charge in [-0.3, -0.25) is 10.1 Å². The van der Waals surface area contributed by atoms with Crippen LogP contribution < -0.4 is 5.32 Å². The molecule has 1 atom stereocenters. The summed E-state index contributed by atoms with van der Waals surface area (Å²) in [6, 6.07) is 15.8. The zero-order valence-corrected chi connectivity index (χ0v) is 16.8. The molecule has 0 saturated heterocycles. The minimum atomic E-state index is -0.210. The van der Waals surface area contributed by atoms with Crippen LogP contribution in [0.5, 0.6) is 0 Å². The van der Waals surface area contributed by atoms with Crippen molar-refractivity contribution in [3.8, 4) is 11.3 Å². The number of benzene rings is 2. The van der Waals surface area contributed by atoms with Gasteiger partial charge in [-0.25, -0.2) is 4.98 Å². The third kappa shape index (κ3) is 5.28. The average Bonchev–Trinajstić information content (AvgIpc) is 3.15. The van der Waals surface area contributed by atoms with Crippen LogP contribution in [0.4, 0.5) is 5.13 Å². The van der Waals surface area contributed by atoms with Crippen molar-refractivity contribution < 1.29 is 4.79 Å². The van der Waals surface area contributed by atoms with Crippen molar-refractivity contribution in [1.29, 1.82) is 0 Å². The van der Waals surface area contributed by atoms with Crippen molar-refractivity contribution in [3.63, 3.8) is 0 Å². The van der Waals surface area contributed by atoms with Crippen LogP contribution in [-0.4, -0.2) is 10.9 Å². The maximum Gasteiger partial charge on any atom is 0.250 e. The number of anilines is 1. The van der Waals surface area contributed by atoms with E-state index in [9.17, 15) is 4.79 Å². The fraction of sp³-hybridized carbons (Fsp3) is 0.182. The highest BCUT2D eigenvalue weighted by molar-refractivity contribution is 7.14. The molecule has 0 spiro atoms. The van der Waals surface area contributed by atoms with Gasteiger partial charge in [0.1, 0.15) is 0 Å². The summed E-state index contributed by atoms with van der Waals surface area (Å²) in [5, 5.41) is 6.02. The number of rotatable bonds is 6. The lowest BCUT2D eigenvalue weighted by molar-refractivity contribution is -0.111. The molecular weight excluding hydrogens is 376 g/mol. The molecular formula is C22H21ClN2OS. The number of carbonyl (C=O) groups excluding carboxylic acids is 1. The summed E-state index contributed by atoms with van der Waals surface area (Å²) in [6.45, 7) is 4.42. The van der Waals surface area contributed by atoms with Gasteiger partial charge in [0.25, 0.3) is 0 Å². The maximum atomic E-state index is 12.1. The van der Waals surface area contributed by atoms with Gasteiger partial charge in [-0.15, -0.1) is 11.3 Å². The Labute approximate surface area is 168 Å². The number of aromatic nitrogens is 1. The average molecular weight is 397 g/mol. The summed E-state index contributed by atoms with van der Waals surface area (Å²) in [4.78, 5) is 16.6. The monoisotopic (exact) mass is 396 g/mol. The van der Waals surface area contributed by atoms with Crippen LogP contribution in [0.2, 0.25) is 5.02 Å². The Balaban J connectivity index is 1.63. The van der Waals surface area contributed by atoms with Gasteiger partial charge in [-0.2, -0.15) is 0 Å². The second-order valence-corrected chi connectivity index (χ2v) is 7.64. The Morgan fingerprint density at radius 1 is 1.19 bits per heavy atom. The normalized spacial score (nSPS) is 12.3. The van der Waals surface area contributed by atoms with E-state index in [2.05, 4.69) is 48.4 Å². The van der Waals surface area contributed by atoms with Crippen molar-refractivity contribution >= 4 is 40.1 Å². The van der Waals surface area contributed by atoms with Gasteiger partial charge in [0, 0.05) is 22.0 Å². The number of nitrogens with zero attached hydrogens (tertiary/aromatic N) is 1. The van der Waals surface area contributed by atoms with E-state index in [0.717, 1.165) is 23.2 Å². The lowest BCUT2D eigenvalue weighted by Crippen LogP contribution is -2.07. The summed E-state index contributed by atoms with van der Waals surface area (Å²) in [6.07, 6.45) is 4.36. The minimum Gasteiger partial charge on any atom is -0.298 e. The Kier molecular flexibility index (Phi) is 6.43. The molecule has 1 N–H and O–H groups in total. The molecule has 0 fully saturated rings. The van der Waals surface area contributed by atoms with E-state index in [1.807, 2.05) is 17.5 Å². The van der Waals surface area contributed by atoms with E-state index in [4.69, 9.17) is 11.6 Å². The minimum absolute atomic E-state index is 0.210. The molecule has 3 rings (SSSR count). The van der Waals surface area contributed by atoms with Gasteiger partial charge < -0.3 is 0 Å². The predicted octanol–water partition coefficient (Wildman–Crippen LogP) is 6.63. The first-order valence-corrected chi connectivity index (χ1v) is 10.1. The second-order valence-electron chi connectivity index (χ2n) is 6.34. The summed E-state index contributed by atoms with van der Waals surface area (Å²) < 4.78 is 0. The first kappa shape index (κ1) is 19.3. The molecule has 1 heterocycles. The van der Waals surface area contributed by atoms with Crippen molar-refractivity contribution in [2.24, 2.45) is 0 Å². The number of hydrogen-bond donors (Lipinski definition) is 1. The molecule has 1 aromatic heterocycles. The van der Waals surface area contributed by atoms with Crippen LogP contribution in [0.1, 0.15) is 37.3 Å². The van der Waals surface area contributed by atoms with Crippen LogP contribution >= 0.6 is 22.9 Å². The van der Waals surface area contributed by atoms with Gasteiger partial charge in [0.15, 0.2) is 5.13 Å². The van der Waals surface area contributed by atoms with Gasteiger partial charge in [-0.1, -0.05) is 61.8 Å². The van der Waals surface area contributed by atoms with E-state index >= 15 is 0 Å². The van der Waals surface area contributed by atoms with Gasteiger partial charge in [-0.05, 0) is 41.7 Å². The second kappa shape index (κ2) is 8.98. The summed E-state index contributed by atoms with van der Waals surface area (Å²) in [5.41, 5.74) is 4.16. The summed E-state index contributed by atoms with van der Waals surface area (Å²) in [7, 11) is 0. The molecule has 3 nitrogen and oxygen atoms in total. The van der Waals surface area contributed by atoms with Gasteiger partial charge >= 0.3 is 0 Å². The highest BCUT2D eigenvalue weighted by Crippen LogP contribution is 2.27. The molecule has 0 aliphatic carbocycles. The molecule has 5 heteroatoms. The van der Waals surface area contributed by atoms with Crippen molar-refractivity contribution in [1.82, 2.24) is 4.98 Å². The third-order valence-corrected chi connectivity index (χ3v) is 5.43. The number of amides is 1. The number of halogens is 1. The zero-order valence-electron chi connectivity index (χ0n) is 15.3. The number of carbonyl (C=O) groups is 1. The quantitative estimate of drug-likeness (QED) is 0.475. The highest BCUT2D eigenvalue weighted by atomic mass is 35.5. The standard InChI is InChI=1S/C22H21ClN2OS/c1-3-15(2)17-7-9-18(10-8-17)20-14-27-22(24-20)25-21(26)13-6-16-4-11-19(23)12-5-16/h4-15H,3H2,1-2H3,(H,24,25,26). The third-order valence-electron chi connectivity index (χ3n) is 4.42. The first-order valence-electron chi connectivity index (χ1n) is 8.85. The number of thiazole rings is 1. The predicted molar refractivity (Wildman–Crippen MR) is 115 cm³/mol. The van der Waals surface area contributed by atoms with E-state index in [1.54, 1.807) is 18.2 Å². The molecule has 0 aliphatic rings. The van der Waals surface area contributed by atoms with Crippen LogP contribution in [0.25, 0.3) is 17.3 Å². The van der Waals surface area contributed by atoms with E-state index in [1.165, 1.54) is 23.0 Å². The molecule has 0 radical (unpaired) electrons. The summed E-state index contributed by atoms with van der Waals surface area (Å²) in [5.74, 6) is 0.342. The molecule has 2 aromatic carbocycles. The van der Waals surface area contributed by atoms with Gasteiger partial charge in [0.05, 0.1) is 5.69 Å². The molecule has 1 unspecified atom stereocenters. The molecule has 0 saturated carbocycles. The Bertz CT molecular complexity index is 930. The summed E-state index contributed by atoms with van der Waals surface area (Å²) >= 11 is 7.27. The molecule has 3 aromatic rings. The van der Waals surface area contributed by atoms with E-state index in [-0.39, 0.29) is 5.91 Å². The van der Waals surface area contributed by atoms with E-state index < -0.39 is 0 Å². The molecule has 0 aliphatic heterocycles. The van der Waals surface area contributed by atoms with Crippen LogP contribution in [0.3, 0.4) is 0 Å².